The number of sulfonamides is 2. The van der Waals surface area contributed by atoms with Crippen LogP contribution >= 0.6 is 0 Å². The van der Waals surface area contributed by atoms with E-state index in [1.54, 1.807) is 0 Å². The first-order valence-corrected chi connectivity index (χ1v) is 8.83. The number of nitrogens with one attached hydrogen (secondary N) is 2. The summed E-state index contributed by atoms with van der Waals surface area (Å²) >= 11 is 0. The molecule has 0 bridgehead atoms. The van der Waals surface area contributed by atoms with Gasteiger partial charge in [0.25, 0.3) is 10.0 Å². The molecule has 1 rings (SSSR count). The molecule has 0 aliphatic rings. The molecule has 9 heteroatoms. The second-order valence-electron chi connectivity index (χ2n) is 4.47. The van der Waals surface area contributed by atoms with Crippen molar-refractivity contribution in [2.45, 2.75) is 23.6 Å². The molecule has 0 atom stereocenters. The van der Waals surface area contributed by atoms with Crippen molar-refractivity contribution >= 4 is 20.0 Å². The summed E-state index contributed by atoms with van der Waals surface area (Å²) in [4.78, 5) is 6.77. The van der Waals surface area contributed by atoms with Gasteiger partial charge in [-0.3, -0.25) is 4.84 Å². The Kier molecular flexibility index (Phi) is 5.66. The molecular formula is C11H18N2O5S2. The summed E-state index contributed by atoms with van der Waals surface area (Å²) in [5.41, 5.74) is 0. The van der Waals surface area contributed by atoms with Crippen LogP contribution in [0.2, 0.25) is 0 Å². The summed E-state index contributed by atoms with van der Waals surface area (Å²) in [6.07, 6.45) is 0. The highest BCUT2D eigenvalue weighted by Crippen LogP contribution is 2.14. The Labute approximate surface area is 119 Å². The fourth-order valence-corrected chi connectivity index (χ4v) is 2.79. The fraction of sp³-hybridized carbons (Fsp3) is 0.455. The van der Waals surface area contributed by atoms with Crippen LogP contribution in [-0.4, -0.2) is 30.5 Å². The van der Waals surface area contributed by atoms with E-state index >= 15 is 0 Å². The van der Waals surface area contributed by atoms with Crippen molar-refractivity contribution in [3.63, 3.8) is 0 Å². The molecule has 0 aliphatic heterocycles. The Hall–Kier alpha value is -1.00. The summed E-state index contributed by atoms with van der Waals surface area (Å²) in [6.45, 7) is 4.00. The third-order valence-corrected chi connectivity index (χ3v) is 4.96. The molecule has 0 aliphatic carbocycles. The molecule has 1 aromatic rings. The van der Waals surface area contributed by atoms with Crippen LogP contribution < -0.4 is 9.61 Å². The van der Waals surface area contributed by atoms with Crippen LogP contribution in [0.15, 0.2) is 34.1 Å². The van der Waals surface area contributed by atoms with Crippen molar-refractivity contribution in [2.75, 3.05) is 13.7 Å². The number of benzene rings is 1. The topological polar surface area (TPSA) is 102 Å². The standard InChI is InChI=1S/C11H18N2O5S2/c1-9(2)8-18-13-20(16,17)11-6-4-10(5-7-11)19(14,15)12-3/h4-7,9,12-13H,8H2,1-3H3. The largest absolute Gasteiger partial charge is 0.287 e. The lowest BCUT2D eigenvalue weighted by Gasteiger charge is -2.09. The predicted molar refractivity (Wildman–Crippen MR) is 73.8 cm³/mol. The van der Waals surface area contributed by atoms with Crippen LogP contribution in [0.1, 0.15) is 13.8 Å². The zero-order valence-corrected chi connectivity index (χ0v) is 13.1. The molecule has 1 aromatic carbocycles. The monoisotopic (exact) mass is 322 g/mol. The average Bonchev–Trinajstić information content (AvgIpc) is 2.38. The average molecular weight is 322 g/mol. The number of hydrogen-bond donors (Lipinski definition) is 2. The van der Waals surface area contributed by atoms with Gasteiger partial charge < -0.3 is 0 Å². The molecule has 0 radical (unpaired) electrons. The molecule has 20 heavy (non-hydrogen) atoms. The second kappa shape index (κ2) is 6.64. The maximum atomic E-state index is 11.8. The molecule has 0 fully saturated rings. The van der Waals surface area contributed by atoms with Gasteiger partial charge in [-0.15, -0.1) is 0 Å². The van der Waals surface area contributed by atoms with Crippen molar-refractivity contribution in [3.05, 3.63) is 24.3 Å². The SMILES string of the molecule is CNS(=O)(=O)c1ccc(S(=O)(=O)NOCC(C)C)cc1. The summed E-state index contributed by atoms with van der Waals surface area (Å²) in [7, 11) is -6.12. The maximum Gasteiger partial charge on any atom is 0.262 e. The lowest BCUT2D eigenvalue weighted by molar-refractivity contribution is 0.0718. The van der Waals surface area contributed by atoms with E-state index in [-0.39, 0.29) is 22.3 Å². The van der Waals surface area contributed by atoms with Crippen molar-refractivity contribution in [3.8, 4) is 0 Å². The molecule has 7 nitrogen and oxygen atoms in total. The van der Waals surface area contributed by atoms with E-state index < -0.39 is 20.0 Å². The van der Waals surface area contributed by atoms with Crippen molar-refractivity contribution in [2.24, 2.45) is 5.92 Å². The van der Waals surface area contributed by atoms with Gasteiger partial charge in [0.2, 0.25) is 10.0 Å². The van der Waals surface area contributed by atoms with E-state index in [0.29, 0.717) is 0 Å². The number of rotatable bonds is 7. The van der Waals surface area contributed by atoms with Gasteiger partial charge in [-0.25, -0.2) is 21.6 Å². The summed E-state index contributed by atoms with van der Waals surface area (Å²) < 4.78 is 48.8. The van der Waals surface area contributed by atoms with Crippen molar-refractivity contribution < 1.29 is 21.7 Å². The van der Waals surface area contributed by atoms with Gasteiger partial charge in [-0.1, -0.05) is 18.7 Å². The smallest absolute Gasteiger partial charge is 0.262 e. The minimum Gasteiger partial charge on any atom is -0.287 e. The third kappa shape index (κ3) is 4.53. The Balaban J connectivity index is 2.88. The third-order valence-electron chi connectivity index (χ3n) is 2.30. The molecule has 0 aromatic heterocycles. The molecule has 0 saturated heterocycles. The van der Waals surface area contributed by atoms with Crippen molar-refractivity contribution in [1.29, 1.82) is 0 Å². The Morgan fingerprint density at radius 2 is 1.45 bits per heavy atom. The van der Waals surface area contributed by atoms with Crippen LogP contribution in [0.25, 0.3) is 0 Å². The molecule has 0 spiro atoms. The summed E-state index contributed by atoms with van der Waals surface area (Å²) in [5.74, 6) is 0.181. The van der Waals surface area contributed by atoms with Crippen molar-refractivity contribution in [1.82, 2.24) is 9.61 Å². The van der Waals surface area contributed by atoms with Gasteiger partial charge in [-0.2, -0.15) is 0 Å². The van der Waals surface area contributed by atoms with Gasteiger partial charge in [0.15, 0.2) is 0 Å². The molecular weight excluding hydrogens is 304 g/mol. The first-order valence-electron chi connectivity index (χ1n) is 5.86. The minimum atomic E-state index is -3.81. The van der Waals surface area contributed by atoms with E-state index in [2.05, 4.69) is 4.72 Å². The first kappa shape index (κ1) is 17.1. The van der Waals surface area contributed by atoms with E-state index in [4.69, 9.17) is 4.84 Å². The Bertz CT molecular complexity index is 636. The van der Waals surface area contributed by atoms with Gasteiger partial charge in [-0.05, 0) is 37.2 Å². The normalized spacial score (nSPS) is 12.8. The van der Waals surface area contributed by atoms with Gasteiger partial charge >= 0.3 is 0 Å². The Morgan fingerprint density at radius 1 is 1.00 bits per heavy atom. The zero-order chi connectivity index (χ0) is 15.4. The maximum absolute atomic E-state index is 11.8. The van der Waals surface area contributed by atoms with Gasteiger partial charge in [0.1, 0.15) is 0 Å². The van der Waals surface area contributed by atoms with Gasteiger partial charge in [0, 0.05) is 0 Å². The van der Waals surface area contributed by atoms with E-state index in [1.165, 1.54) is 31.3 Å². The highest BCUT2D eigenvalue weighted by molar-refractivity contribution is 7.89. The molecule has 2 N–H and O–H groups in total. The molecule has 0 heterocycles. The predicted octanol–water partition coefficient (Wildman–Crippen LogP) is 0.461. The van der Waals surface area contributed by atoms with Crippen LogP contribution in [0.3, 0.4) is 0 Å². The highest BCUT2D eigenvalue weighted by Gasteiger charge is 2.17. The van der Waals surface area contributed by atoms with E-state index in [1.807, 2.05) is 18.7 Å². The minimum absolute atomic E-state index is 0.0120. The highest BCUT2D eigenvalue weighted by atomic mass is 32.2. The summed E-state index contributed by atoms with van der Waals surface area (Å²) in [5, 5.41) is 0. The molecule has 114 valence electrons. The molecule has 0 unspecified atom stereocenters. The van der Waals surface area contributed by atoms with Crippen LogP contribution in [0, 0.1) is 5.92 Å². The van der Waals surface area contributed by atoms with Crippen LogP contribution in [0.4, 0.5) is 0 Å². The van der Waals surface area contributed by atoms with Crippen LogP contribution in [-0.2, 0) is 24.9 Å². The zero-order valence-electron chi connectivity index (χ0n) is 11.5. The quantitative estimate of drug-likeness (QED) is 0.710. The van der Waals surface area contributed by atoms with E-state index in [0.717, 1.165) is 0 Å². The molecule has 0 saturated carbocycles. The molecule has 0 amide bonds. The lowest BCUT2D eigenvalue weighted by atomic mass is 10.2. The summed E-state index contributed by atoms with van der Waals surface area (Å²) in [6, 6.07) is 4.82. The fourth-order valence-electron chi connectivity index (χ4n) is 1.24. The second-order valence-corrected chi connectivity index (χ2v) is 8.00. The van der Waals surface area contributed by atoms with Crippen LogP contribution in [0.5, 0.6) is 0 Å². The van der Waals surface area contributed by atoms with E-state index in [9.17, 15) is 16.8 Å². The Morgan fingerprint density at radius 3 is 1.85 bits per heavy atom. The number of hydrogen-bond acceptors (Lipinski definition) is 5. The van der Waals surface area contributed by atoms with Gasteiger partial charge in [0.05, 0.1) is 16.4 Å². The first-order chi connectivity index (χ1) is 9.19. The lowest BCUT2D eigenvalue weighted by Crippen LogP contribution is -2.26.